The summed E-state index contributed by atoms with van der Waals surface area (Å²) in [4.78, 5) is 32.7. The summed E-state index contributed by atoms with van der Waals surface area (Å²) in [7, 11) is 3.12. The number of hydrogen-bond acceptors (Lipinski definition) is 8. The molecule has 1 aromatic heterocycles. The van der Waals surface area contributed by atoms with E-state index >= 15 is 0 Å². The van der Waals surface area contributed by atoms with E-state index in [1.54, 1.807) is 43.9 Å². The van der Waals surface area contributed by atoms with E-state index in [1.165, 1.54) is 11.3 Å². The topological polar surface area (TPSA) is 88.4 Å². The minimum atomic E-state index is -0.805. The number of benzene rings is 2. The van der Waals surface area contributed by atoms with Gasteiger partial charge >= 0.3 is 5.97 Å². The van der Waals surface area contributed by atoms with E-state index < -0.39 is 12.0 Å². The normalized spacial score (nSPS) is 15.0. The number of ether oxygens (including phenoxy) is 4. The van der Waals surface area contributed by atoms with E-state index in [1.807, 2.05) is 38.1 Å². The highest BCUT2D eigenvalue weighted by Crippen LogP contribution is 2.38. The number of halogens is 1. The van der Waals surface area contributed by atoms with Crippen LogP contribution in [0.4, 0.5) is 0 Å². The third-order valence-corrected chi connectivity index (χ3v) is 7.78. The van der Waals surface area contributed by atoms with Crippen LogP contribution in [-0.2, 0) is 9.53 Å². The Morgan fingerprint density at radius 3 is 2.49 bits per heavy atom. The molecule has 1 aliphatic rings. The Morgan fingerprint density at radius 1 is 1.08 bits per heavy atom. The second kappa shape index (κ2) is 12.7. The Morgan fingerprint density at radius 2 is 1.85 bits per heavy atom. The van der Waals surface area contributed by atoms with E-state index in [9.17, 15) is 9.59 Å². The maximum atomic E-state index is 14.0. The molecule has 3 aromatic rings. The number of nitrogens with zero attached hydrogens (tertiary/aromatic N) is 2. The molecule has 2 heterocycles. The summed E-state index contributed by atoms with van der Waals surface area (Å²) in [6, 6.07) is 10.2. The lowest BCUT2D eigenvalue weighted by Crippen LogP contribution is -2.40. The maximum absolute atomic E-state index is 14.0. The van der Waals surface area contributed by atoms with Crippen molar-refractivity contribution in [3.63, 3.8) is 0 Å². The van der Waals surface area contributed by atoms with Crippen molar-refractivity contribution in [3.8, 4) is 17.2 Å². The first kappa shape index (κ1) is 28.6. The van der Waals surface area contributed by atoms with Gasteiger partial charge in [-0.05, 0) is 78.2 Å². The number of methoxy groups -OCH3 is 2. The molecule has 0 fully saturated rings. The highest BCUT2D eigenvalue weighted by molar-refractivity contribution is 9.10. The summed E-state index contributed by atoms with van der Waals surface area (Å²) in [6.07, 6.45) is 3.13. The predicted octanol–water partition coefficient (Wildman–Crippen LogP) is 4.76. The van der Waals surface area contributed by atoms with Crippen LogP contribution in [0, 0.1) is 0 Å². The number of allylic oxidation sites excluding steroid dienone is 1. The molecule has 0 bridgehead atoms. The molecule has 39 heavy (non-hydrogen) atoms. The molecule has 1 atom stereocenters. The second-order valence-corrected chi connectivity index (χ2v) is 10.5. The third-order valence-electron chi connectivity index (χ3n) is 6.18. The van der Waals surface area contributed by atoms with E-state index in [4.69, 9.17) is 23.9 Å². The van der Waals surface area contributed by atoms with Crippen LogP contribution in [0.5, 0.6) is 17.2 Å². The lowest BCUT2D eigenvalue weighted by molar-refractivity contribution is -0.139. The number of carbonyl (C=O) groups is 1. The minimum absolute atomic E-state index is 0.195. The molecule has 1 aliphatic heterocycles. The van der Waals surface area contributed by atoms with Gasteiger partial charge in [0.1, 0.15) is 23.3 Å². The van der Waals surface area contributed by atoms with Gasteiger partial charge in [0.2, 0.25) is 0 Å². The van der Waals surface area contributed by atoms with Crippen molar-refractivity contribution in [3.05, 3.63) is 83.0 Å². The second-order valence-electron chi connectivity index (χ2n) is 8.64. The van der Waals surface area contributed by atoms with Gasteiger partial charge in [-0.3, -0.25) is 9.36 Å². The molecule has 0 radical (unpaired) electrons. The van der Waals surface area contributed by atoms with Crippen LogP contribution in [0.1, 0.15) is 50.8 Å². The molecule has 0 aliphatic carbocycles. The molecule has 4 rings (SSSR count). The molecule has 0 saturated carbocycles. The van der Waals surface area contributed by atoms with Gasteiger partial charge in [0, 0.05) is 5.56 Å². The number of aromatic nitrogens is 1. The fourth-order valence-corrected chi connectivity index (χ4v) is 6.03. The SMILES string of the molecule is CCCC1=C(C(=O)OCC)[C@@H](c2cc(OC)ccc2OC)n2c(s/c(=C\c3ccc(OCC)c(Br)c3)c2=O)=N1. The van der Waals surface area contributed by atoms with Crippen molar-refractivity contribution in [2.75, 3.05) is 27.4 Å². The Bertz CT molecular complexity index is 1590. The minimum Gasteiger partial charge on any atom is -0.497 e. The molecule has 0 spiro atoms. The van der Waals surface area contributed by atoms with Gasteiger partial charge in [-0.1, -0.05) is 30.7 Å². The lowest BCUT2D eigenvalue weighted by atomic mass is 9.93. The molecule has 0 saturated heterocycles. The van der Waals surface area contributed by atoms with Crippen LogP contribution < -0.4 is 29.1 Å². The highest BCUT2D eigenvalue weighted by Gasteiger charge is 2.36. The zero-order valence-corrected chi connectivity index (χ0v) is 25.0. The smallest absolute Gasteiger partial charge is 0.338 e. The average molecular weight is 616 g/mol. The van der Waals surface area contributed by atoms with Gasteiger partial charge in [-0.2, -0.15) is 0 Å². The number of carbonyl (C=O) groups excluding carboxylic acids is 1. The van der Waals surface area contributed by atoms with E-state index in [2.05, 4.69) is 15.9 Å². The number of esters is 1. The lowest BCUT2D eigenvalue weighted by Gasteiger charge is -2.27. The third kappa shape index (κ3) is 5.81. The number of rotatable bonds is 10. The van der Waals surface area contributed by atoms with Gasteiger partial charge in [0.05, 0.1) is 47.7 Å². The van der Waals surface area contributed by atoms with Crippen molar-refractivity contribution in [1.29, 1.82) is 0 Å². The quantitative estimate of drug-likeness (QED) is 0.306. The van der Waals surface area contributed by atoms with Gasteiger partial charge in [0.15, 0.2) is 4.80 Å². The van der Waals surface area contributed by atoms with Crippen molar-refractivity contribution in [2.45, 2.75) is 39.7 Å². The van der Waals surface area contributed by atoms with Crippen molar-refractivity contribution in [2.24, 2.45) is 4.99 Å². The number of thiazole rings is 1. The molecule has 8 nitrogen and oxygen atoms in total. The van der Waals surface area contributed by atoms with E-state index in [-0.39, 0.29) is 12.2 Å². The molecular formula is C29H31BrN2O6S. The van der Waals surface area contributed by atoms with Crippen molar-refractivity contribution < 1.29 is 23.7 Å². The summed E-state index contributed by atoms with van der Waals surface area (Å²) in [5.41, 5.74) is 2.09. The highest BCUT2D eigenvalue weighted by atomic mass is 79.9. The zero-order valence-electron chi connectivity index (χ0n) is 22.6. The van der Waals surface area contributed by atoms with Crippen LogP contribution in [0.2, 0.25) is 0 Å². The van der Waals surface area contributed by atoms with Crippen LogP contribution in [0.15, 0.2) is 61.9 Å². The molecule has 206 valence electrons. The van der Waals surface area contributed by atoms with Gasteiger partial charge in [-0.15, -0.1) is 0 Å². The molecule has 0 N–H and O–H groups in total. The Hall–Kier alpha value is -3.37. The van der Waals surface area contributed by atoms with Crippen LogP contribution in [0.25, 0.3) is 6.08 Å². The molecule has 0 unspecified atom stereocenters. The van der Waals surface area contributed by atoms with Crippen LogP contribution in [-0.4, -0.2) is 38.0 Å². The number of hydrogen-bond donors (Lipinski definition) is 0. The average Bonchev–Trinajstić information content (AvgIpc) is 3.23. The van der Waals surface area contributed by atoms with E-state index in [0.29, 0.717) is 50.7 Å². The zero-order chi connectivity index (χ0) is 28.1. The summed E-state index contributed by atoms with van der Waals surface area (Å²) in [6.45, 7) is 6.44. The van der Waals surface area contributed by atoms with Gasteiger partial charge in [0.25, 0.3) is 5.56 Å². The summed E-state index contributed by atoms with van der Waals surface area (Å²) < 4.78 is 25.1. The molecule has 2 aromatic carbocycles. The fourth-order valence-electron chi connectivity index (χ4n) is 4.50. The largest absolute Gasteiger partial charge is 0.497 e. The molecule has 0 amide bonds. The first-order valence-electron chi connectivity index (χ1n) is 12.7. The van der Waals surface area contributed by atoms with Gasteiger partial charge in [-0.25, -0.2) is 9.79 Å². The van der Waals surface area contributed by atoms with Crippen molar-refractivity contribution in [1.82, 2.24) is 4.57 Å². The maximum Gasteiger partial charge on any atom is 0.338 e. The predicted molar refractivity (Wildman–Crippen MR) is 154 cm³/mol. The summed E-state index contributed by atoms with van der Waals surface area (Å²) in [5.74, 6) is 1.31. The molecular weight excluding hydrogens is 584 g/mol. The standard InChI is InChI=1S/C29H31BrN2O6S/c1-6-9-21-25(28(34)38-8-3)26(19-16-18(35-4)11-13-22(19)36-5)32-27(33)24(39-29(32)31-21)15-17-10-12-23(37-7-2)20(30)14-17/h10-16,26H,6-9H2,1-5H3/b24-15-/t26-/m1/s1. The fraction of sp³-hybridized carbons (Fsp3) is 0.345. The Labute approximate surface area is 239 Å². The van der Waals surface area contributed by atoms with Crippen LogP contribution >= 0.6 is 27.3 Å². The molecule has 10 heteroatoms. The summed E-state index contributed by atoms with van der Waals surface area (Å²) in [5, 5.41) is 0. The van der Waals surface area contributed by atoms with Crippen LogP contribution in [0.3, 0.4) is 0 Å². The number of fused-ring (bicyclic) bond motifs is 1. The first-order valence-corrected chi connectivity index (χ1v) is 14.3. The Kier molecular flexibility index (Phi) is 9.29. The van der Waals surface area contributed by atoms with E-state index in [0.717, 1.165) is 22.2 Å². The summed E-state index contributed by atoms with van der Waals surface area (Å²) >= 11 is 4.82. The van der Waals surface area contributed by atoms with Crippen molar-refractivity contribution >= 4 is 39.3 Å². The first-order chi connectivity index (χ1) is 18.9. The monoisotopic (exact) mass is 614 g/mol. The van der Waals surface area contributed by atoms with Gasteiger partial charge < -0.3 is 18.9 Å². The Balaban J connectivity index is 2.00.